The average molecular weight is 566 g/mol. The summed E-state index contributed by atoms with van der Waals surface area (Å²) in [5.41, 5.74) is 10.2. The molecule has 0 aliphatic heterocycles. The summed E-state index contributed by atoms with van der Waals surface area (Å²) < 4.78 is 8.99. The van der Waals surface area contributed by atoms with Crippen molar-refractivity contribution in [2.45, 2.75) is 0 Å². The second kappa shape index (κ2) is 8.57. The number of para-hydroxylation sites is 1. The third-order valence-corrected chi connectivity index (χ3v) is 10.1. The molecule has 0 unspecified atom stereocenters. The fraction of sp³-hybridized carbons (Fsp3) is 0. The summed E-state index contributed by atoms with van der Waals surface area (Å²) in [5, 5.41) is 7.54. The molecule has 43 heavy (non-hydrogen) atoms. The zero-order chi connectivity index (χ0) is 28.1. The smallest absolute Gasteiger partial charge is 0.136 e. The number of nitrogens with zero attached hydrogens (tertiary/aromatic N) is 1. The maximum absolute atomic E-state index is 6.37. The highest BCUT2D eigenvalue weighted by Gasteiger charge is 2.24. The van der Waals surface area contributed by atoms with Crippen LogP contribution in [0, 0.1) is 0 Å². The fourth-order valence-corrected chi connectivity index (χ4v) is 8.28. The van der Waals surface area contributed by atoms with Crippen molar-refractivity contribution in [2.24, 2.45) is 0 Å². The molecule has 0 spiro atoms. The zero-order valence-corrected chi connectivity index (χ0v) is 23.9. The van der Waals surface area contributed by atoms with Crippen molar-refractivity contribution in [3.63, 3.8) is 0 Å². The minimum Gasteiger partial charge on any atom is -0.456 e. The van der Waals surface area contributed by atoms with Gasteiger partial charge in [0.2, 0.25) is 0 Å². The van der Waals surface area contributed by atoms with E-state index in [9.17, 15) is 0 Å². The minimum absolute atomic E-state index is 0.939. The molecule has 3 heteroatoms. The Morgan fingerprint density at radius 2 is 1.16 bits per heavy atom. The summed E-state index contributed by atoms with van der Waals surface area (Å²) >= 11 is 1.86. The molecule has 0 saturated heterocycles. The van der Waals surface area contributed by atoms with Crippen LogP contribution in [0.25, 0.3) is 75.1 Å². The lowest BCUT2D eigenvalue weighted by Gasteiger charge is -2.27. The summed E-state index contributed by atoms with van der Waals surface area (Å²) in [7, 11) is 0. The largest absolute Gasteiger partial charge is 0.456 e. The highest BCUT2D eigenvalue weighted by molar-refractivity contribution is 7.25. The molecule has 10 rings (SSSR count). The Bertz CT molecular complexity index is 2570. The summed E-state index contributed by atoms with van der Waals surface area (Å²) in [5.74, 6) is 0. The van der Waals surface area contributed by atoms with Gasteiger partial charge < -0.3 is 9.32 Å². The van der Waals surface area contributed by atoms with E-state index in [2.05, 4.69) is 144 Å². The lowest BCUT2D eigenvalue weighted by atomic mass is 9.92. The van der Waals surface area contributed by atoms with Crippen molar-refractivity contribution in [3.8, 4) is 22.3 Å². The van der Waals surface area contributed by atoms with Crippen molar-refractivity contribution in [3.05, 3.63) is 140 Å². The molecule has 9 aromatic rings. The van der Waals surface area contributed by atoms with Crippen LogP contribution < -0.4 is 4.90 Å². The van der Waals surface area contributed by atoms with Gasteiger partial charge in [0.15, 0.2) is 0 Å². The van der Waals surface area contributed by atoms with Gasteiger partial charge in [-0.05, 0) is 82.2 Å². The topological polar surface area (TPSA) is 16.4 Å². The molecule has 0 fully saturated rings. The maximum atomic E-state index is 6.37. The quantitative estimate of drug-likeness (QED) is 0.212. The Morgan fingerprint density at radius 1 is 0.419 bits per heavy atom. The molecule has 2 nitrogen and oxygen atoms in total. The van der Waals surface area contributed by atoms with Crippen molar-refractivity contribution in [1.29, 1.82) is 0 Å². The number of anilines is 3. The summed E-state index contributed by atoms with van der Waals surface area (Å²) in [6.07, 6.45) is 0. The predicted octanol–water partition coefficient (Wildman–Crippen LogP) is 12.2. The van der Waals surface area contributed by atoms with E-state index in [-0.39, 0.29) is 0 Å². The molecule has 0 bridgehead atoms. The fourth-order valence-electron chi connectivity index (χ4n) is 7.14. The van der Waals surface area contributed by atoms with Crippen LogP contribution in [0.1, 0.15) is 0 Å². The first kappa shape index (κ1) is 23.2. The lowest BCUT2D eigenvalue weighted by molar-refractivity contribution is 0.669. The first-order valence-corrected chi connectivity index (χ1v) is 15.4. The monoisotopic (exact) mass is 565 g/mol. The summed E-state index contributed by atoms with van der Waals surface area (Å²) in [4.78, 5) is 2.39. The van der Waals surface area contributed by atoms with E-state index in [0.717, 1.165) is 28.2 Å². The van der Waals surface area contributed by atoms with Gasteiger partial charge in [-0.1, -0.05) is 84.9 Å². The van der Waals surface area contributed by atoms with E-state index in [4.69, 9.17) is 4.42 Å². The van der Waals surface area contributed by atoms with Crippen LogP contribution in [-0.2, 0) is 0 Å². The Hall–Kier alpha value is -5.38. The molecule has 0 saturated carbocycles. The van der Waals surface area contributed by atoms with Crippen LogP contribution in [-0.4, -0.2) is 0 Å². The summed E-state index contributed by atoms with van der Waals surface area (Å²) in [6, 6.07) is 50.7. The molecule has 2 aromatic heterocycles. The van der Waals surface area contributed by atoms with Gasteiger partial charge in [0, 0.05) is 53.4 Å². The normalized spacial score (nSPS) is 12.2. The minimum atomic E-state index is 0.939. The van der Waals surface area contributed by atoms with Crippen LogP contribution >= 0.6 is 11.3 Å². The Balaban J connectivity index is 1.26. The first-order valence-electron chi connectivity index (χ1n) is 14.6. The molecule has 0 amide bonds. The van der Waals surface area contributed by atoms with Gasteiger partial charge >= 0.3 is 0 Å². The van der Waals surface area contributed by atoms with Crippen molar-refractivity contribution in [1.82, 2.24) is 0 Å². The number of hydrogen-bond acceptors (Lipinski definition) is 3. The second-order valence-electron chi connectivity index (χ2n) is 11.3. The molecule has 0 atom stereocenters. The Labute approximate surface area is 251 Å². The van der Waals surface area contributed by atoms with Gasteiger partial charge in [0.1, 0.15) is 11.2 Å². The predicted molar refractivity (Wildman–Crippen MR) is 183 cm³/mol. The van der Waals surface area contributed by atoms with Crippen molar-refractivity contribution in [2.75, 3.05) is 4.90 Å². The molecular weight excluding hydrogens is 543 g/mol. The molecule has 200 valence electrons. The Morgan fingerprint density at radius 3 is 2.09 bits per heavy atom. The third-order valence-electron chi connectivity index (χ3n) is 8.98. The molecule has 1 aliphatic carbocycles. The number of thiophene rings is 1. The van der Waals surface area contributed by atoms with Crippen molar-refractivity contribution < 1.29 is 4.42 Å². The van der Waals surface area contributed by atoms with Crippen LogP contribution in [0.2, 0.25) is 0 Å². The summed E-state index contributed by atoms with van der Waals surface area (Å²) in [6.45, 7) is 0. The second-order valence-corrected chi connectivity index (χ2v) is 12.4. The van der Waals surface area contributed by atoms with E-state index in [1.807, 2.05) is 11.3 Å². The number of fused-ring (bicyclic) bond motifs is 6. The first-order chi connectivity index (χ1) is 21.3. The van der Waals surface area contributed by atoms with E-state index < -0.39 is 0 Å². The molecule has 0 N–H and O–H groups in total. The van der Waals surface area contributed by atoms with Gasteiger partial charge in [0.25, 0.3) is 0 Å². The van der Waals surface area contributed by atoms with Crippen LogP contribution in [0.3, 0.4) is 0 Å². The molecule has 0 radical (unpaired) electrons. The molecule has 2 heterocycles. The average Bonchev–Trinajstić information content (AvgIpc) is 3.60. The highest BCUT2D eigenvalue weighted by atomic mass is 32.1. The lowest BCUT2D eigenvalue weighted by Crippen LogP contribution is -2.10. The highest BCUT2D eigenvalue weighted by Crippen LogP contribution is 2.50. The standard InChI is InChI=1S/C40H23NOS/c1-2-9-25(10-3-1)41(27-18-20-30-29-11-4-5-15-36(29)43-37(30)23-27)26-17-19-28-31-13-7-14-34-39(31)40-35(42-34)21-16-24-8-6-12-32(38(24)40)33(28)22-26/h1-23H. The maximum Gasteiger partial charge on any atom is 0.136 e. The van der Waals surface area contributed by atoms with Gasteiger partial charge in [-0.25, -0.2) is 0 Å². The van der Waals surface area contributed by atoms with E-state index in [0.29, 0.717) is 0 Å². The number of rotatable bonds is 3. The SMILES string of the molecule is c1ccc(N(c2ccc3c(c2)-c2cccc4ccc5oc6cccc-3c6c5c24)c2ccc3c(c2)sc2ccccc23)cc1. The van der Waals surface area contributed by atoms with Gasteiger partial charge in [0.05, 0.1) is 0 Å². The zero-order valence-electron chi connectivity index (χ0n) is 23.0. The van der Waals surface area contributed by atoms with Gasteiger partial charge in [-0.3, -0.25) is 0 Å². The van der Waals surface area contributed by atoms with Crippen LogP contribution in [0.4, 0.5) is 17.1 Å². The van der Waals surface area contributed by atoms with E-state index in [1.165, 1.54) is 64.0 Å². The van der Waals surface area contributed by atoms with Gasteiger partial charge in [-0.15, -0.1) is 11.3 Å². The van der Waals surface area contributed by atoms with Crippen molar-refractivity contribution >= 4 is 81.3 Å². The number of hydrogen-bond donors (Lipinski definition) is 0. The van der Waals surface area contributed by atoms with Crippen LogP contribution in [0.15, 0.2) is 144 Å². The molecular formula is C40H23NOS. The molecule has 7 aromatic carbocycles. The third kappa shape index (κ3) is 3.23. The number of furan rings is 1. The Kier molecular flexibility index (Phi) is 4.63. The molecule has 1 aliphatic rings. The van der Waals surface area contributed by atoms with Gasteiger partial charge in [-0.2, -0.15) is 0 Å². The van der Waals surface area contributed by atoms with Crippen LogP contribution in [0.5, 0.6) is 0 Å². The van der Waals surface area contributed by atoms with E-state index in [1.54, 1.807) is 0 Å². The number of benzene rings is 7. The van der Waals surface area contributed by atoms with E-state index >= 15 is 0 Å².